The van der Waals surface area contributed by atoms with Crippen molar-refractivity contribution in [1.29, 1.82) is 0 Å². The molecule has 1 aliphatic heterocycles. The predicted molar refractivity (Wildman–Crippen MR) is 120 cm³/mol. The number of hydrogen-bond acceptors (Lipinski definition) is 5. The van der Waals surface area contributed by atoms with Crippen molar-refractivity contribution < 1.29 is 4.79 Å². The number of nitrogens with zero attached hydrogens (tertiary/aromatic N) is 4. The Morgan fingerprint density at radius 3 is 2.87 bits per heavy atom. The lowest BCUT2D eigenvalue weighted by molar-refractivity contribution is -0.123. The first-order chi connectivity index (χ1) is 14.4. The largest absolute Gasteiger partial charge is 0.350 e. The van der Waals surface area contributed by atoms with E-state index in [0.717, 1.165) is 42.0 Å². The fourth-order valence-electron chi connectivity index (χ4n) is 4.48. The smallest absolute Gasteiger partial charge is 0.291 e. The zero-order valence-corrected chi connectivity index (χ0v) is 18.8. The zero-order chi connectivity index (χ0) is 21.0. The van der Waals surface area contributed by atoms with Gasteiger partial charge in [-0.25, -0.2) is 4.68 Å². The molecule has 7 nitrogen and oxygen atoms in total. The van der Waals surface area contributed by atoms with Crippen LogP contribution in [0.3, 0.4) is 0 Å². The molecule has 1 amide bonds. The van der Waals surface area contributed by atoms with Gasteiger partial charge in [0, 0.05) is 29.9 Å². The number of halogens is 1. The van der Waals surface area contributed by atoms with E-state index >= 15 is 0 Å². The van der Waals surface area contributed by atoms with E-state index < -0.39 is 0 Å². The summed E-state index contributed by atoms with van der Waals surface area (Å²) in [4.78, 5) is 29.3. The molecular formula is C21H26ClN5O2S. The van der Waals surface area contributed by atoms with Crippen LogP contribution in [0.15, 0.2) is 16.9 Å². The summed E-state index contributed by atoms with van der Waals surface area (Å²) in [5, 5.41) is 8.63. The second-order valence-electron chi connectivity index (χ2n) is 8.78. The van der Waals surface area contributed by atoms with E-state index in [9.17, 15) is 9.59 Å². The fraction of sp³-hybridized carbons (Fsp3) is 0.571. The van der Waals surface area contributed by atoms with Gasteiger partial charge in [0.25, 0.3) is 5.56 Å². The Balaban J connectivity index is 1.41. The average Bonchev–Trinajstić information content (AvgIpc) is 3.40. The molecule has 160 valence electrons. The van der Waals surface area contributed by atoms with Crippen LogP contribution < -0.4 is 10.9 Å². The number of likely N-dealkylation sites (tertiary alicyclic amines) is 1. The van der Waals surface area contributed by atoms with Gasteiger partial charge in [-0.3, -0.25) is 18.9 Å². The molecule has 1 N–H and O–H groups in total. The van der Waals surface area contributed by atoms with Gasteiger partial charge in [-0.1, -0.05) is 25.4 Å². The maximum atomic E-state index is 13.1. The summed E-state index contributed by atoms with van der Waals surface area (Å²) < 4.78 is 3.88. The first kappa shape index (κ1) is 20.0. The highest BCUT2D eigenvalue weighted by Crippen LogP contribution is 2.33. The normalized spacial score (nSPS) is 20.5. The van der Waals surface area contributed by atoms with Crippen LogP contribution in [0.5, 0.6) is 0 Å². The maximum absolute atomic E-state index is 13.1. The summed E-state index contributed by atoms with van der Waals surface area (Å²) in [5.74, 6) is 0.690. The van der Waals surface area contributed by atoms with E-state index in [2.05, 4.69) is 15.3 Å². The Hall–Kier alpha value is -1.90. The van der Waals surface area contributed by atoms with E-state index in [1.54, 1.807) is 0 Å². The summed E-state index contributed by atoms with van der Waals surface area (Å²) in [6, 6.07) is 4.57. The third-order valence-electron chi connectivity index (χ3n) is 6.04. The van der Waals surface area contributed by atoms with E-state index in [1.807, 2.05) is 30.4 Å². The molecule has 2 fully saturated rings. The lowest BCUT2D eigenvalue weighted by atomic mass is 10.1. The number of rotatable bonds is 5. The van der Waals surface area contributed by atoms with E-state index in [-0.39, 0.29) is 30.0 Å². The molecule has 30 heavy (non-hydrogen) atoms. The van der Waals surface area contributed by atoms with Gasteiger partial charge >= 0.3 is 0 Å². The lowest BCUT2D eigenvalue weighted by Crippen LogP contribution is -2.49. The van der Waals surface area contributed by atoms with E-state index in [0.29, 0.717) is 15.9 Å². The van der Waals surface area contributed by atoms with E-state index in [1.165, 1.54) is 28.9 Å². The monoisotopic (exact) mass is 447 g/mol. The molecule has 9 heteroatoms. The van der Waals surface area contributed by atoms with Gasteiger partial charge in [0.2, 0.25) is 5.91 Å². The molecule has 4 heterocycles. The molecule has 1 saturated heterocycles. The number of carbonyl (C=O) groups is 1. The molecule has 1 atom stereocenters. The molecule has 1 saturated carbocycles. The number of aromatic nitrogens is 3. The third-order valence-corrected chi connectivity index (χ3v) is 7.31. The van der Waals surface area contributed by atoms with Gasteiger partial charge in [-0.05, 0) is 44.4 Å². The van der Waals surface area contributed by atoms with Gasteiger partial charge in [0.15, 0.2) is 0 Å². The van der Waals surface area contributed by atoms with Crippen molar-refractivity contribution >= 4 is 44.6 Å². The van der Waals surface area contributed by atoms with Crippen molar-refractivity contribution in [2.75, 3.05) is 13.1 Å². The van der Waals surface area contributed by atoms with E-state index in [4.69, 9.17) is 11.6 Å². The minimum absolute atomic E-state index is 0.0609. The van der Waals surface area contributed by atoms with Crippen LogP contribution in [-0.2, 0) is 11.3 Å². The summed E-state index contributed by atoms with van der Waals surface area (Å²) in [6.45, 7) is 6.04. The van der Waals surface area contributed by atoms with Crippen molar-refractivity contribution in [2.45, 2.75) is 64.1 Å². The Kier molecular flexibility index (Phi) is 5.11. The molecule has 0 aromatic carbocycles. The van der Waals surface area contributed by atoms with Gasteiger partial charge < -0.3 is 5.32 Å². The summed E-state index contributed by atoms with van der Waals surface area (Å²) in [7, 11) is 0. The summed E-state index contributed by atoms with van der Waals surface area (Å²) in [5.41, 5.74) is 0.286. The second-order valence-corrected chi connectivity index (χ2v) is 10.4. The highest BCUT2D eigenvalue weighted by atomic mass is 35.5. The van der Waals surface area contributed by atoms with Crippen LogP contribution in [0.1, 0.15) is 51.3 Å². The third kappa shape index (κ3) is 3.65. The molecule has 0 unspecified atom stereocenters. The first-order valence-corrected chi connectivity index (χ1v) is 11.8. The van der Waals surface area contributed by atoms with Crippen LogP contribution in [0.2, 0.25) is 4.34 Å². The van der Waals surface area contributed by atoms with Crippen LogP contribution in [0.25, 0.3) is 15.7 Å². The Morgan fingerprint density at radius 2 is 2.13 bits per heavy atom. The van der Waals surface area contributed by atoms with Crippen molar-refractivity contribution in [1.82, 2.24) is 24.4 Å². The first-order valence-electron chi connectivity index (χ1n) is 10.7. The summed E-state index contributed by atoms with van der Waals surface area (Å²) >= 11 is 7.60. The minimum Gasteiger partial charge on any atom is -0.350 e. The average molecular weight is 448 g/mol. The van der Waals surface area contributed by atoms with Crippen molar-refractivity contribution in [3.63, 3.8) is 0 Å². The molecule has 0 spiro atoms. The van der Waals surface area contributed by atoms with Gasteiger partial charge in [-0.15, -0.1) is 11.3 Å². The van der Waals surface area contributed by atoms with Gasteiger partial charge in [-0.2, -0.15) is 5.10 Å². The van der Waals surface area contributed by atoms with Gasteiger partial charge in [0.1, 0.15) is 22.7 Å². The number of hydrogen-bond donors (Lipinski definition) is 1. The number of nitrogens with one attached hydrogen (secondary N) is 1. The van der Waals surface area contributed by atoms with Crippen molar-refractivity contribution in [3.05, 3.63) is 32.6 Å². The molecule has 1 aliphatic carbocycles. The molecule has 3 aromatic heterocycles. The number of piperidine rings is 1. The van der Waals surface area contributed by atoms with Crippen LogP contribution in [0, 0.1) is 0 Å². The fourth-order valence-corrected chi connectivity index (χ4v) is 5.71. The topological polar surface area (TPSA) is 71.6 Å². The number of thiophene rings is 1. The predicted octanol–water partition coefficient (Wildman–Crippen LogP) is 3.23. The maximum Gasteiger partial charge on any atom is 0.291 e. The van der Waals surface area contributed by atoms with Crippen LogP contribution >= 0.6 is 22.9 Å². The molecule has 2 aliphatic rings. The van der Waals surface area contributed by atoms with Crippen molar-refractivity contribution in [2.24, 2.45) is 0 Å². The molecular weight excluding hydrogens is 422 g/mol. The second kappa shape index (κ2) is 7.66. The Labute approximate surface area is 183 Å². The molecule has 3 aromatic rings. The zero-order valence-electron chi connectivity index (χ0n) is 17.2. The number of fused-ring (bicyclic) bond motifs is 3. The Bertz CT molecular complexity index is 1180. The van der Waals surface area contributed by atoms with Crippen molar-refractivity contribution in [3.8, 4) is 0 Å². The standard InChI is InChI=1S/C21H26ClN5O2S/c1-12(2)19-24-26(20(29)16-8-13-9-17(22)30-21(13)27(16)19)11-18(28)23-14-4-3-7-25(10-14)15-5-6-15/h8-9,12,14-15H,3-7,10-11H2,1-2H3,(H,23,28)/t14-/m1/s1. The molecule has 0 bridgehead atoms. The van der Waals surface area contributed by atoms with Crippen LogP contribution in [-0.4, -0.2) is 50.2 Å². The number of amides is 1. The highest BCUT2D eigenvalue weighted by molar-refractivity contribution is 7.22. The minimum atomic E-state index is -0.252. The number of carbonyl (C=O) groups excluding carboxylic acids is 1. The molecule has 0 radical (unpaired) electrons. The highest BCUT2D eigenvalue weighted by Gasteiger charge is 2.33. The summed E-state index contributed by atoms with van der Waals surface area (Å²) in [6.07, 6.45) is 4.64. The quantitative estimate of drug-likeness (QED) is 0.651. The lowest BCUT2D eigenvalue weighted by Gasteiger charge is -2.33. The van der Waals surface area contributed by atoms with Gasteiger partial charge in [0.05, 0.1) is 4.34 Å². The molecule has 5 rings (SSSR count). The van der Waals surface area contributed by atoms with Crippen LogP contribution in [0.4, 0.5) is 0 Å². The Morgan fingerprint density at radius 1 is 1.33 bits per heavy atom. The SMILES string of the molecule is CC(C)c1nn(CC(=O)N[C@@H]2CCCN(C3CC3)C2)c(=O)c2cc3cc(Cl)sc3n12.